The average Bonchev–Trinajstić information content (AvgIpc) is 2.37. The van der Waals surface area contributed by atoms with Crippen molar-refractivity contribution in [1.29, 1.82) is 0 Å². The summed E-state index contributed by atoms with van der Waals surface area (Å²) in [5.41, 5.74) is 1.55. The summed E-state index contributed by atoms with van der Waals surface area (Å²) < 4.78 is 0. The van der Waals surface area contributed by atoms with Crippen LogP contribution < -0.4 is 4.90 Å². The zero-order valence-electron chi connectivity index (χ0n) is 9.81. The van der Waals surface area contributed by atoms with Gasteiger partial charge in [0.25, 0.3) is 0 Å². The van der Waals surface area contributed by atoms with E-state index in [0.717, 1.165) is 11.3 Å². The number of hydrogen-bond acceptors (Lipinski definition) is 3. The van der Waals surface area contributed by atoms with Gasteiger partial charge in [-0.15, -0.1) is 0 Å². The summed E-state index contributed by atoms with van der Waals surface area (Å²) in [5.74, 6) is -1.14. The second-order valence-corrected chi connectivity index (χ2v) is 4.88. The summed E-state index contributed by atoms with van der Waals surface area (Å²) in [4.78, 5) is 12.7. The lowest BCUT2D eigenvalue weighted by molar-refractivity contribution is -0.132. The summed E-state index contributed by atoms with van der Waals surface area (Å²) in [7, 11) is 0. The van der Waals surface area contributed by atoms with Crippen molar-refractivity contribution in [2.45, 2.75) is 6.61 Å². The first kappa shape index (κ1) is 13.9. The van der Waals surface area contributed by atoms with E-state index in [4.69, 9.17) is 33.4 Å². The van der Waals surface area contributed by atoms with Crippen molar-refractivity contribution in [2.24, 2.45) is 0 Å². The molecular weight excluding hydrogens is 289 g/mol. The summed E-state index contributed by atoms with van der Waals surface area (Å²) in [5, 5.41) is 18.2. The van der Waals surface area contributed by atoms with Gasteiger partial charge in [0, 0.05) is 11.9 Å². The molecule has 0 amide bonds. The standard InChI is InChI=1S/C13H11Cl2NO3/c14-10-5-16(6-11(15)12(10)13(18)19)9-3-1-8(7-17)2-4-9/h1-5,17H,6-7H2,(H,18,19). The van der Waals surface area contributed by atoms with Crippen molar-refractivity contribution >= 4 is 34.9 Å². The molecule has 4 nitrogen and oxygen atoms in total. The van der Waals surface area contributed by atoms with Crippen molar-refractivity contribution in [1.82, 2.24) is 0 Å². The monoisotopic (exact) mass is 299 g/mol. The molecule has 2 rings (SSSR count). The van der Waals surface area contributed by atoms with Gasteiger partial charge in [-0.05, 0) is 17.7 Å². The highest BCUT2D eigenvalue weighted by Gasteiger charge is 2.23. The number of anilines is 1. The van der Waals surface area contributed by atoms with E-state index in [2.05, 4.69) is 0 Å². The van der Waals surface area contributed by atoms with Gasteiger partial charge < -0.3 is 15.1 Å². The number of benzene rings is 1. The average molecular weight is 300 g/mol. The van der Waals surface area contributed by atoms with Crippen molar-refractivity contribution in [3.8, 4) is 0 Å². The van der Waals surface area contributed by atoms with E-state index in [1.807, 2.05) is 12.1 Å². The van der Waals surface area contributed by atoms with E-state index in [0.29, 0.717) is 0 Å². The number of nitrogens with zero attached hydrogens (tertiary/aromatic N) is 1. The maximum Gasteiger partial charge on any atom is 0.338 e. The molecule has 0 aromatic heterocycles. The fourth-order valence-electron chi connectivity index (χ4n) is 1.78. The van der Waals surface area contributed by atoms with Crippen LogP contribution in [0.5, 0.6) is 0 Å². The Morgan fingerprint density at radius 3 is 2.37 bits per heavy atom. The highest BCUT2D eigenvalue weighted by atomic mass is 35.5. The lowest BCUT2D eigenvalue weighted by Crippen LogP contribution is -2.24. The third-order valence-electron chi connectivity index (χ3n) is 2.75. The minimum Gasteiger partial charge on any atom is -0.478 e. The Bertz CT molecular complexity index is 564. The van der Waals surface area contributed by atoms with Crippen LogP contribution in [0, 0.1) is 0 Å². The van der Waals surface area contributed by atoms with Gasteiger partial charge in [0.05, 0.1) is 28.8 Å². The Morgan fingerprint density at radius 1 is 1.26 bits per heavy atom. The molecule has 6 heteroatoms. The van der Waals surface area contributed by atoms with Gasteiger partial charge in [-0.2, -0.15) is 0 Å². The van der Waals surface area contributed by atoms with Crippen LogP contribution in [0.4, 0.5) is 5.69 Å². The van der Waals surface area contributed by atoms with Crippen LogP contribution in [0.15, 0.2) is 46.1 Å². The molecule has 19 heavy (non-hydrogen) atoms. The van der Waals surface area contributed by atoms with Crippen molar-refractivity contribution in [3.05, 3.63) is 51.7 Å². The molecule has 0 unspecified atom stereocenters. The first-order chi connectivity index (χ1) is 9.02. The van der Waals surface area contributed by atoms with Crippen LogP contribution >= 0.6 is 23.2 Å². The Hall–Kier alpha value is -1.49. The highest BCUT2D eigenvalue weighted by molar-refractivity contribution is 6.40. The number of carboxylic acids is 1. The molecule has 1 aliphatic rings. The first-order valence-electron chi connectivity index (χ1n) is 5.49. The van der Waals surface area contributed by atoms with Crippen LogP contribution in [0.3, 0.4) is 0 Å². The summed E-state index contributed by atoms with van der Waals surface area (Å²) in [6.45, 7) is 0.221. The van der Waals surface area contributed by atoms with E-state index < -0.39 is 5.97 Å². The van der Waals surface area contributed by atoms with E-state index >= 15 is 0 Å². The highest BCUT2D eigenvalue weighted by Crippen LogP contribution is 2.30. The van der Waals surface area contributed by atoms with Crippen LogP contribution in [0.2, 0.25) is 0 Å². The number of hydrogen-bond donors (Lipinski definition) is 2. The Kier molecular flexibility index (Phi) is 4.14. The predicted octanol–water partition coefficient (Wildman–Crippen LogP) is 2.66. The fraction of sp³-hybridized carbons (Fsp3) is 0.154. The van der Waals surface area contributed by atoms with Crippen molar-refractivity contribution < 1.29 is 15.0 Å². The van der Waals surface area contributed by atoms with Gasteiger partial charge in [0.2, 0.25) is 0 Å². The number of aliphatic hydroxyl groups excluding tert-OH is 1. The van der Waals surface area contributed by atoms with Crippen LogP contribution in [0.25, 0.3) is 0 Å². The SMILES string of the molecule is O=C(O)C1=C(Cl)CN(c2ccc(CO)cc2)C=C1Cl. The zero-order valence-corrected chi connectivity index (χ0v) is 11.3. The molecule has 0 saturated heterocycles. The van der Waals surface area contributed by atoms with Gasteiger partial charge >= 0.3 is 5.97 Å². The van der Waals surface area contributed by atoms with Crippen LogP contribution in [-0.2, 0) is 11.4 Å². The molecule has 1 aromatic rings. The largest absolute Gasteiger partial charge is 0.478 e. The van der Waals surface area contributed by atoms with Crippen LogP contribution in [-0.4, -0.2) is 22.7 Å². The fourth-order valence-corrected chi connectivity index (χ4v) is 2.45. The van der Waals surface area contributed by atoms with Crippen LogP contribution in [0.1, 0.15) is 5.56 Å². The summed E-state index contributed by atoms with van der Waals surface area (Å²) >= 11 is 11.9. The summed E-state index contributed by atoms with van der Waals surface area (Å²) in [6, 6.07) is 7.17. The molecule has 2 N–H and O–H groups in total. The Balaban J connectivity index is 2.28. The molecule has 1 aliphatic heterocycles. The molecule has 1 aromatic carbocycles. The number of aliphatic hydroxyl groups is 1. The van der Waals surface area contributed by atoms with Gasteiger partial charge in [-0.1, -0.05) is 35.3 Å². The van der Waals surface area contributed by atoms with E-state index in [-0.39, 0.29) is 28.8 Å². The maximum absolute atomic E-state index is 11.0. The van der Waals surface area contributed by atoms with E-state index in [1.54, 1.807) is 17.0 Å². The first-order valence-corrected chi connectivity index (χ1v) is 6.24. The minimum absolute atomic E-state index is 0.0271. The lowest BCUT2D eigenvalue weighted by atomic mass is 10.1. The number of carboxylic acid groups (broad SMARTS) is 1. The van der Waals surface area contributed by atoms with Crippen molar-refractivity contribution in [2.75, 3.05) is 11.4 Å². The lowest BCUT2D eigenvalue weighted by Gasteiger charge is -2.25. The molecule has 0 fully saturated rings. The molecule has 100 valence electrons. The number of halogens is 2. The second-order valence-electron chi connectivity index (χ2n) is 4.01. The Labute approximate surface area is 120 Å². The van der Waals surface area contributed by atoms with Gasteiger partial charge in [-0.3, -0.25) is 0 Å². The molecule has 0 saturated carbocycles. The maximum atomic E-state index is 11.0. The van der Waals surface area contributed by atoms with Gasteiger partial charge in [-0.25, -0.2) is 4.79 Å². The quantitative estimate of drug-likeness (QED) is 0.901. The molecule has 1 heterocycles. The molecule has 0 atom stereocenters. The van der Waals surface area contributed by atoms with Gasteiger partial charge in [0.15, 0.2) is 0 Å². The second kappa shape index (κ2) is 5.65. The normalized spacial score (nSPS) is 15.5. The van der Waals surface area contributed by atoms with Crippen molar-refractivity contribution in [3.63, 3.8) is 0 Å². The molecular formula is C13H11Cl2NO3. The van der Waals surface area contributed by atoms with E-state index in [9.17, 15) is 4.79 Å². The molecule has 0 radical (unpaired) electrons. The number of rotatable bonds is 3. The summed E-state index contributed by atoms with van der Waals surface area (Å²) in [6.07, 6.45) is 1.53. The Morgan fingerprint density at radius 2 is 1.89 bits per heavy atom. The predicted molar refractivity (Wildman–Crippen MR) is 74.2 cm³/mol. The zero-order chi connectivity index (χ0) is 14.0. The molecule has 0 spiro atoms. The third-order valence-corrected chi connectivity index (χ3v) is 3.35. The molecule has 0 bridgehead atoms. The third kappa shape index (κ3) is 2.92. The topological polar surface area (TPSA) is 60.8 Å². The minimum atomic E-state index is -1.14. The van der Waals surface area contributed by atoms with E-state index in [1.165, 1.54) is 6.20 Å². The smallest absolute Gasteiger partial charge is 0.338 e. The van der Waals surface area contributed by atoms with Gasteiger partial charge in [0.1, 0.15) is 0 Å². The number of aliphatic carboxylic acids is 1. The number of carbonyl (C=O) groups is 1. The molecule has 0 aliphatic carbocycles.